The number of hydrogen-bond donors (Lipinski definition) is 1. The molecule has 2 rings (SSSR count). The van der Waals surface area contributed by atoms with Crippen molar-refractivity contribution in [3.8, 4) is 5.75 Å². The zero-order chi connectivity index (χ0) is 14.8. The molecule has 5 nitrogen and oxygen atoms in total. The number of benzene rings is 1. The van der Waals surface area contributed by atoms with E-state index in [0.717, 1.165) is 44.1 Å². The van der Waals surface area contributed by atoms with Crippen LogP contribution in [0.3, 0.4) is 0 Å². The Balaban J connectivity index is 1.61. The second kappa shape index (κ2) is 9.15. The standard InChI is InChI=1S/C16H23N3O2/c1-20-13-9-17-14-15-8-11-19(18-15)10-5-12-21-16-6-3-2-4-7-16/h2-4,6-8,11,17H,5,9-10,12-14H2,1H3. The molecule has 0 saturated carbocycles. The van der Waals surface area contributed by atoms with Crippen LogP contribution in [0.25, 0.3) is 0 Å². The van der Waals surface area contributed by atoms with Gasteiger partial charge in [0.1, 0.15) is 5.75 Å². The first-order valence-corrected chi connectivity index (χ1v) is 7.28. The zero-order valence-corrected chi connectivity index (χ0v) is 12.5. The van der Waals surface area contributed by atoms with Crippen molar-refractivity contribution in [2.75, 3.05) is 26.9 Å². The molecule has 0 spiro atoms. The van der Waals surface area contributed by atoms with Crippen LogP contribution in [-0.4, -0.2) is 36.6 Å². The number of rotatable bonds is 10. The lowest BCUT2D eigenvalue weighted by molar-refractivity contribution is 0.199. The summed E-state index contributed by atoms with van der Waals surface area (Å²) >= 11 is 0. The van der Waals surface area contributed by atoms with Crippen LogP contribution in [0.1, 0.15) is 12.1 Å². The number of para-hydroxylation sites is 1. The highest BCUT2D eigenvalue weighted by molar-refractivity contribution is 5.20. The van der Waals surface area contributed by atoms with Gasteiger partial charge in [0.05, 0.1) is 18.9 Å². The van der Waals surface area contributed by atoms with Crippen LogP contribution < -0.4 is 10.1 Å². The maximum Gasteiger partial charge on any atom is 0.119 e. The van der Waals surface area contributed by atoms with Gasteiger partial charge in [-0.3, -0.25) is 4.68 Å². The van der Waals surface area contributed by atoms with Crippen molar-refractivity contribution >= 4 is 0 Å². The Kier molecular flexibility index (Phi) is 6.77. The van der Waals surface area contributed by atoms with E-state index in [2.05, 4.69) is 10.4 Å². The SMILES string of the molecule is COCCNCc1ccn(CCCOc2ccccc2)n1. The molecule has 2 aromatic rings. The average Bonchev–Trinajstić information content (AvgIpc) is 2.97. The van der Waals surface area contributed by atoms with E-state index in [1.165, 1.54) is 0 Å². The van der Waals surface area contributed by atoms with Crippen molar-refractivity contribution in [1.29, 1.82) is 0 Å². The molecule has 1 N–H and O–H groups in total. The fourth-order valence-corrected chi connectivity index (χ4v) is 1.95. The first-order chi connectivity index (χ1) is 10.4. The van der Waals surface area contributed by atoms with Crippen molar-refractivity contribution in [2.45, 2.75) is 19.5 Å². The molecule has 0 bridgehead atoms. The Morgan fingerprint density at radius 3 is 2.81 bits per heavy atom. The molecule has 0 aliphatic rings. The van der Waals surface area contributed by atoms with Crippen LogP contribution in [0.5, 0.6) is 5.75 Å². The minimum atomic E-state index is 0.700. The summed E-state index contributed by atoms with van der Waals surface area (Å²) < 4.78 is 12.6. The van der Waals surface area contributed by atoms with Gasteiger partial charge in [0.15, 0.2) is 0 Å². The van der Waals surface area contributed by atoms with Crippen molar-refractivity contribution < 1.29 is 9.47 Å². The minimum absolute atomic E-state index is 0.700. The van der Waals surface area contributed by atoms with Gasteiger partial charge in [-0.1, -0.05) is 18.2 Å². The van der Waals surface area contributed by atoms with E-state index in [4.69, 9.17) is 9.47 Å². The highest BCUT2D eigenvalue weighted by Crippen LogP contribution is 2.08. The van der Waals surface area contributed by atoms with E-state index in [-0.39, 0.29) is 0 Å². The monoisotopic (exact) mass is 289 g/mol. The highest BCUT2D eigenvalue weighted by atomic mass is 16.5. The normalized spacial score (nSPS) is 10.7. The smallest absolute Gasteiger partial charge is 0.119 e. The summed E-state index contributed by atoms with van der Waals surface area (Å²) in [6.45, 7) is 3.90. The largest absolute Gasteiger partial charge is 0.494 e. The summed E-state index contributed by atoms with van der Waals surface area (Å²) in [6.07, 6.45) is 2.95. The van der Waals surface area contributed by atoms with E-state index in [1.54, 1.807) is 7.11 Å². The summed E-state index contributed by atoms with van der Waals surface area (Å²) in [4.78, 5) is 0. The summed E-state index contributed by atoms with van der Waals surface area (Å²) in [5.41, 5.74) is 1.05. The van der Waals surface area contributed by atoms with E-state index < -0.39 is 0 Å². The lowest BCUT2D eigenvalue weighted by atomic mass is 10.3. The zero-order valence-electron chi connectivity index (χ0n) is 12.5. The van der Waals surface area contributed by atoms with Gasteiger partial charge < -0.3 is 14.8 Å². The molecule has 1 heterocycles. The fourth-order valence-electron chi connectivity index (χ4n) is 1.95. The third kappa shape index (κ3) is 5.97. The summed E-state index contributed by atoms with van der Waals surface area (Å²) in [5.74, 6) is 0.918. The molecule has 0 aliphatic heterocycles. The molecular formula is C16H23N3O2. The number of aryl methyl sites for hydroxylation is 1. The van der Waals surface area contributed by atoms with Crippen LogP contribution in [0, 0.1) is 0 Å². The quantitative estimate of drug-likeness (QED) is 0.680. The first-order valence-electron chi connectivity index (χ1n) is 7.28. The van der Waals surface area contributed by atoms with Gasteiger partial charge in [-0.15, -0.1) is 0 Å². The lowest BCUT2D eigenvalue weighted by Gasteiger charge is -2.06. The first kappa shape index (κ1) is 15.5. The topological polar surface area (TPSA) is 48.3 Å². The summed E-state index contributed by atoms with van der Waals surface area (Å²) in [6, 6.07) is 11.9. The van der Waals surface area contributed by atoms with Gasteiger partial charge in [-0.25, -0.2) is 0 Å². The second-order valence-corrected chi connectivity index (χ2v) is 4.75. The number of nitrogens with one attached hydrogen (secondary N) is 1. The Hall–Kier alpha value is -1.85. The molecule has 0 radical (unpaired) electrons. The molecule has 0 fully saturated rings. The third-order valence-corrected chi connectivity index (χ3v) is 3.03. The summed E-state index contributed by atoms with van der Waals surface area (Å²) in [5, 5.41) is 7.79. The molecule has 0 saturated heterocycles. The molecule has 21 heavy (non-hydrogen) atoms. The van der Waals surface area contributed by atoms with Crippen LogP contribution in [0.4, 0.5) is 0 Å². The second-order valence-electron chi connectivity index (χ2n) is 4.75. The van der Waals surface area contributed by atoms with Crippen molar-refractivity contribution in [3.63, 3.8) is 0 Å². The van der Waals surface area contributed by atoms with Gasteiger partial charge in [0.2, 0.25) is 0 Å². The molecule has 0 unspecified atom stereocenters. The molecular weight excluding hydrogens is 266 g/mol. The van der Waals surface area contributed by atoms with Gasteiger partial charge in [0.25, 0.3) is 0 Å². The van der Waals surface area contributed by atoms with Gasteiger partial charge in [-0.05, 0) is 18.2 Å². The van der Waals surface area contributed by atoms with Crippen molar-refractivity contribution in [2.24, 2.45) is 0 Å². The fraction of sp³-hybridized carbons (Fsp3) is 0.438. The Morgan fingerprint density at radius 2 is 2.00 bits per heavy atom. The molecule has 1 aromatic heterocycles. The van der Waals surface area contributed by atoms with E-state index in [9.17, 15) is 0 Å². The maximum absolute atomic E-state index is 5.66. The Morgan fingerprint density at radius 1 is 1.14 bits per heavy atom. The van der Waals surface area contributed by atoms with E-state index in [0.29, 0.717) is 6.61 Å². The lowest BCUT2D eigenvalue weighted by Crippen LogP contribution is -2.19. The Labute approximate surface area is 125 Å². The number of hydrogen-bond acceptors (Lipinski definition) is 4. The molecule has 114 valence electrons. The van der Waals surface area contributed by atoms with Crippen molar-refractivity contribution in [1.82, 2.24) is 15.1 Å². The van der Waals surface area contributed by atoms with Crippen LogP contribution >= 0.6 is 0 Å². The summed E-state index contributed by atoms with van der Waals surface area (Å²) in [7, 11) is 1.70. The van der Waals surface area contributed by atoms with Crippen LogP contribution in [0.15, 0.2) is 42.6 Å². The minimum Gasteiger partial charge on any atom is -0.494 e. The highest BCUT2D eigenvalue weighted by Gasteiger charge is 1.99. The van der Waals surface area contributed by atoms with Crippen LogP contribution in [0.2, 0.25) is 0 Å². The van der Waals surface area contributed by atoms with Gasteiger partial charge >= 0.3 is 0 Å². The van der Waals surface area contributed by atoms with Crippen molar-refractivity contribution in [3.05, 3.63) is 48.3 Å². The predicted octanol–water partition coefficient (Wildman–Crippen LogP) is 2.09. The molecule has 0 aliphatic carbocycles. The number of nitrogens with zero attached hydrogens (tertiary/aromatic N) is 2. The average molecular weight is 289 g/mol. The van der Waals surface area contributed by atoms with Crippen LogP contribution in [-0.2, 0) is 17.8 Å². The van der Waals surface area contributed by atoms with E-state index >= 15 is 0 Å². The number of aromatic nitrogens is 2. The van der Waals surface area contributed by atoms with Gasteiger partial charge in [0, 0.05) is 39.4 Å². The van der Waals surface area contributed by atoms with Gasteiger partial charge in [-0.2, -0.15) is 5.10 Å². The third-order valence-electron chi connectivity index (χ3n) is 3.03. The number of ether oxygens (including phenoxy) is 2. The number of methoxy groups -OCH3 is 1. The molecule has 5 heteroatoms. The molecule has 0 atom stereocenters. The maximum atomic E-state index is 5.66. The molecule has 0 amide bonds. The molecule has 1 aromatic carbocycles. The predicted molar refractivity (Wildman–Crippen MR) is 82.4 cm³/mol. The Bertz CT molecular complexity index is 499. The van der Waals surface area contributed by atoms with E-state index in [1.807, 2.05) is 47.3 Å².